The van der Waals surface area contributed by atoms with Crippen molar-refractivity contribution in [2.24, 2.45) is 5.73 Å². The highest BCUT2D eigenvalue weighted by Crippen LogP contribution is 2.47. The Labute approximate surface area is 104 Å². The van der Waals surface area contributed by atoms with Gasteiger partial charge in [0.2, 0.25) is 0 Å². The number of amidine groups is 1. The molecule has 0 radical (unpaired) electrons. The van der Waals surface area contributed by atoms with Crippen LogP contribution in [-0.2, 0) is 4.75 Å². The second-order valence-corrected chi connectivity index (χ2v) is 5.82. The van der Waals surface area contributed by atoms with E-state index in [-0.39, 0.29) is 10.6 Å². The minimum atomic E-state index is -0.0209. The van der Waals surface area contributed by atoms with Crippen LogP contribution in [0.25, 0.3) is 0 Å². The van der Waals surface area contributed by atoms with E-state index in [4.69, 9.17) is 11.1 Å². The Morgan fingerprint density at radius 3 is 2.62 bits per heavy atom. The summed E-state index contributed by atoms with van der Waals surface area (Å²) in [4.78, 5) is 0.901. The van der Waals surface area contributed by atoms with Gasteiger partial charge in [-0.15, -0.1) is 23.5 Å². The summed E-state index contributed by atoms with van der Waals surface area (Å²) in [5, 5.41) is 7.49. The van der Waals surface area contributed by atoms with Gasteiger partial charge in [-0.3, -0.25) is 5.41 Å². The molecular formula is C12H14N2S2. The fourth-order valence-corrected chi connectivity index (χ4v) is 4.15. The van der Waals surface area contributed by atoms with Crippen LogP contribution < -0.4 is 5.73 Å². The highest BCUT2D eigenvalue weighted by molar-refractivity contribution is 8.07. The second-order valence-electron chi connectivity index (χ2n) is 3.67. The van der Waals surface area contributed by atoms with Crippen LogP contribution in [0.1, 0.15) is 5.56 Å². The summed E-state index contributed by atoms with van der Waals surface area (Å²) < 4.78 is -0.0209. The maximum Gasteiger partial charge on any atom is 0.129 e. The fourth-order valence-electron chi connectivity index (χ4n) is 1.76. The molecule has 1 aromatic rings. The van der Waals surface area contributed by atoms with Gasteiger partial charge in [0.05, 0.1) is 4.75 Å². The average molecular weight is 250 g/mol. The lowest BCUT2D eigenvalue weighted by atomic mass is 9.99. The molecule has 3 N–H and O–H groups in total. The summed E-state index contributed by atoms with van der Waals surface area (Å²) in [6, 6.07) is 10.4. The summed E-state index contributed by atoms with van der Waals surface area (Å²) in [6.45, 7) is 0. The molecule has 0 saturated carbocycles. The minimum Gasteiger partial charge on any atom is -0.383 e. The molecule has 1 aliphatic heterocycles. The van der Waals surface area contributed by atoms with Gasteiger partial charge in [0.1, 0.15) is 5.84 Å². The number of rotatable bonds is 3. The van der Waals surface area contributed by atoms with E-state index in [2.05, 4.69) is 36.6 Å². The molecule has 2 nitrogen and oxygen atoms in total. The maximum atomic E-state index is 7.49. The van der Waals surface area contributed by atoms with Crippen molar-refractivity contribution < 1.29 is 0 Å². The topological polar surface area (TPSA) is 49.9 Å². The highest BCUT2D eigenvalue weighted by atomic mass is 32.2. The highest BCUT2D eigenvalue weighted by Gasteiger charge is 2.35. The molecule has 0 bridgehead atoms. The fraction of sp³-hybridized carbons (Fsp3) is 0.250. The quantitative estimate of drug-likeness (QED) is 0.640. The van der Waals surface area contributed by atoms with E-state index in [0.29, 0.717) is 0 Å². The Hall–Kier alpha value is -0.870. The molecule has 1 aromatic carbocycles. The number of hydrogen-bond acceptors (Lipinski definition) is 3. The van der Waals surface area contributed by atoms with Gasteiger partial charge in [-0.1, -0.05) is 30.3 Å². The van der Waals surface area contributed by atoms with Crippen LogP contribution >= 0.6 is 23.5 Å². The Morgan fingerprint density at radius 2 is 2.12 bits per heavy atom. The van der Waals surface area contributed by atoms with Crippen molar-refractivity contribution in [3.8, 4) is 0 Å². The van der Waals surface area contributed by atoms with Crippen molar-refractivity contribution in [1.29, 1.82) is 5.41 Å². The van der Waals surface area contributed by atoms with Gasteiger partial charge in [0, 0.05) is 10.7 Å². The molecule has 1 atom stereocenters. The number of nitrogens with one attached hydrogen (secondary N) is 1. The summed E-state index contributed by atoms with van der Waals surface area (Å²) in [5.74, 6) is 1.13. The summed E-state index contributed by atoms with van der Waals surface area (Å²) in [6.07, 6.45) is 4.23. The zero-order chi connectivity index (χ0) is 11.6. The largest absolute Gasteiger partial charge is 0.383 e. The zero-order valence-corrected chi connectivity index (χ0v) is 10.7. The average Bonchev–Trinajstić information content (AvgIpc) is 2.76. The SMILES string of the molecule is CSC1(c2ccccc2)C=C(C(=N)N)SC1. The van der Waals surface area contributed by atoms with Gasteiger partial charge in [-0.25, -0.2) is 0 Å². The molecule has 2 rings (SSSR count). The van der Waals surface area contributed by atoms with Crippen LogP contribution in [0.15, 0.2) is 41.3 Å². The first kappa shape index (κ1) is 11.6. The third kappa shape index (κ3) is 1.99. The van der Waals surface area contributed by atoms with Crippen LogP contribution in [0.5, 0.6) is 0 Å². The molecular weight excluding hydrogens is 236 g/mol. The van der Waals surface area contributed by atoms with E-state index in [1.54, 1.807) is 23.5 Å². The number of nitrogens with two attached hydrogens (primary N) is 1. The van der Waals surface area contributed by atoms with Crippen LogP contribution in [0.4, 0.5) is 0 Å². The lowest BCUT2D eigenvalue weighted by molar-refractivity contribution is 0.911. The number of benzene rings is 1. The van der Waals surface area contributed by atoms with Crippen LogP contribution in [0, 0.1) is 5.41 Å². The van der Waals surface area contributed by atoms with Crippen LogP contribution in [0.3, 0.4) is 0 Å². The lowest BCUT2D eigenvalue weighted by Gasteiger charge is -2.24. The summed E-state index contributed by atoms with van der Waals surface area (Å²) in [5.41, 5.74) is 6.82. The normalized spacial score (nSPS) is 24.2. The monoisotopic (exact) mass is 250 g/mol. The molecule has 0 saturated heterocycles. The number of hydrogen-bond donors (Lipinski definition) is 2. The molecule has 0 aromatic heterocycles. The van der Waals surface area contributed by atoms with Crippen molar-refractivity contribution in [1.82, 2.24) is 0 Å². The Bertz CT molecular complexity index is 428. The first-order valence-corrected chi connectivity index (χ1v) is 7.20. The van der Waals surface area contributed by atoms with Crippen LogP contribution in [0.2, 0.25) is 0 Å². The van der Waals surface area contributed by atoms with Gasteiger partial charge in [0.15, 0.2) is 0 Å². The zero-order valence-electron chi connectivity index (χ0n) is 9.07. The maximum absolute atomic E-state index is 7.49. The van der Waals surface area contributed by atoms with Gasteiger partial charge in [-0.2, -0.15) is 0 Å². The van der Waals surface area contributed by atoms with Gasteiger partial charge >= 0.3 is 0 Å². The Morgan fingerprint density at radius 1 is 1.44 bits per heavy atom. The molecule has 84 valence electrons. The van der Waals surface area contributed by atoms with E-state index < -0.39 is 0 Å². The van der Waals surface area contributed by atoms with Crippen molar-refractivity contribution >= 4 is 29.4 Å². The predicted octanol–water partition coefficient (Wildman–Crippen LogP) is 2.81. The van der Waals surface area contributed by atoms with E-state index >= 15 is 0 Å². The third-order valence-electron chi connectivity index (χ3n) is 2.70. The van der Waals surface area contributed by atoms with E-state index in [1.165, 1.54) is 5.56 Å². The molecule has 1 heterocycles. The van der Waals surface area contributed by atoms with Crippen molar-refractivity contribution in [2.45, 2.75) is 4.75 Å². The molecule has 0 amide bonds. The van der Waals surface area contributed by atoms with Crippen LogP contribution in [-0.4, -0.2) is 17.8 Å². The standard InChI is InChI=1S/C12H14N2S2/c1-15-12(9-5-3-2-4-6-9)7-10(11(13)14)16-8-12/h2-7H,8H2,1H3,(H3,13,14). The van der Waals surface area contributed by atoms with Gasteiger partial charge in [0.25, 0.3) is 0 Å². The lowest BCUT2D eigenvalue weighted by Crippen LogP contribution is -2.19. The molecule has 1 unspecified atom stereocenters. The van der Waals surface area contributed by atoms with E-state index in [9.17, 15) is 0 Å². The van der Waals surface area contributed by atoms with Crippen molar-refractivity contribution in [3.05, 3.63) is 46.9 Å². The smallest absolute Gasteiger partial charge is 0.129 e. The first-order chi connectivity index (χ1) is 7.68. The van der Waals surface area contributed by atoms with E-state index in [0.717, 1.165) is 10.7 Å². The summed E-state index contributed by atoms with van der Waals surface area (Å²) >= 11 is 3.47. The van der Waals surface area contributed by atoms with Gasteiger partial charge < -0.3 is 5.73 Å². The predicted molar refractivity (Wildman–Crippen MR) is 74.1 cm³/mol. The first-order valence-electron chi connectivity index (χ1n) is 4.99. The minimum absolute atomic E-state index is 0.0209. The van der Waals surface area contributed by atoms with Crippen molar-refractivity contribution in [2.75, 3.05) is 12.0 Å². The third-order valence-corrected chi connectivity index (χ3v) is 5.36. The van der Waals surface area contributed by atoms with E-state index in [1.807, 2.05) is 6.07 Å². The number of thioether (sulfide) groups is 2. The molecule has 4 heteroatoms. The second kappa shape index (κ2) is 4.55. The Balaban J connectivity index is 2.40. The molecule has 0 fully saturated rings. The molecule has 1 aliphatic rings. The molecule has 0 spiro atoms. The van der Waals surface area contributed by atoms with Gasteiger partial charge in [-0.05, 0) is 17.9 Å². The molecule has 16 heavy (non-hydrogen) atoms. The molecule has 0 aliphatic carbocycles. The summed E-state index contributed by atoms with van der Waals surface area (Å²) in [7, 11) is 0. The van der Waals surface area contributed by atoms with Crippen molar-refractivity contribution in [3.63, 3.8) is 0 Å². The Kier molecular flexibility index (Phi) is 3.30.